The van der Waals surface area contributed by atoms with E-state index in [-0.39, 0.29) is 26.1 Å². The molecule has 0 aliphatic carbocycles. The summed E-state index contributed by atoms with van der Waals surface area (Å²) in [6, 6.07) is 0. The van der Waals surface area contributed by atoms with E-state index in [1.54, 1.807) is 0 Å². The molecule has 0 aromatic carbocycles. The van der Waals surface area contributed by atoms with Crippen molar-refractivity contribution in [2.75, 3.05) is 26.4 Å². The van der Waals surface area contributed by atoms with Gasteiger partial charge in [0.1, 0.15) is 55.4 Å². The van der Waals surface area contributed by atoms with Gasteiger partial charge in [-0.05, 0) is 12.8 Å². The summed E-state index contributed by atoms with van der Waals surface area (Å²) in [6.07, 6.45) is -6.15. The summed E-state index contributed by atoms with van der Waals surface area (Å²) in [5.74, 6) is -0.991. The lowest BCUT2D eigenvalue weighted by atomic mass is 9.98. The lowest BCUT2D eigenvalue weighted by molar-refractivity contribution is -0.332. The fourth-order valence-electron chi connectivity index (χ4n) is 5.19. The van der Waals surface area contributed by atoms with Crippen LogP contribution in [0.15, 0.2) is 0 Å². The Kier molecular flexibility index (Phi) is 19.6. The van der Waals surface area contributed by atoms with Gasteiger partial charge in [-0.1, -0.05) is 65.2 Å². The van der Waals surface area contributed by atoms with Crippen LogP contribution in [0.5, 0.6) is 0 Å². The molecule has 0 bridgehead atoms. The van der Waals surface area contributed by atoms with Crippen LogP contribution >= 0.6 is 0 Å². The second-order valence-electron chi connectivity index (χ2n) is 12.0. The Labute approximate surface area is 270 Å². The van der Waals surface area contributed by atoms with Crippen LogP contribution in [0, 0.1) is 0 Å². The van der Waals surface area contributed by atoms with Crippen molar-refractivity contribution in [3.05, 3.63) is 0 Å². The average Bonchev–Trinajstić information content (AvgIpc) is 3.04. The van der Waals surface area contributed by atoms with E-state index in [9.17, 15) is 45.3 Å². The minimum atomic E-state index is -1.75. The third kappa shape index (κ3) is 13.5. The molecule has 2 heterocycles. The topological polar surface area (TPSA) is 231 Å². The molecule has 11 atom stereocenters. The number of carbonyl (C=O) groups excluding carboxylic acids is 2. The van der Waals surface area contributed by atoms with Crippen molar-refractivity contribution in [3.8, 4) is 0 Å². The van der Waals surface area contributed by atoms with Crippen LogP contribution in [-0.4, -0.2) is 142 Å². The molecule has 7 N–H and O–H groups in total. The minimum absolute atomic E-state index is 0.167. The van der Waals surface area contributed by atoms with Gasteiger partial charge in [-0.15, -0.1) is 0 Å². The number of aliphatic hydroxyl groups is 7. The van der Waals surface area contributed by atoms with E-state index < -0.39 is 92.7 Å². The van der Waals surface area contributed by atoms with Gasteiger partial charge in [0.15, 0.2) is 18.7 Å². The monoisotopic (exact) mass is 668 g/mol. The van der Waals surface area contributed by atoms with Crippen LogP contribution in [0.1, 0.15) is 90.9 Å². The Bertz CT molecular complexity index is 845. The third-order valence-electron chi connectivity index (χ3n) is 8.06. The van der Waals surface area contributed by atoms with Gasteiger partial charge in [-0.3, -0.25) is 9.59 Å². The Morgan fingerprint density at radius 2 is 1.15 bits per heavy atom. The van der Waals surface area contributed by atoms with E-state index in [1.807, 2.05) is 6.92 Å². The molecule has 270 valence electrons. The smallest absolute Gasteiger partial charge is 0.306 e. The summed E-state index contributed by atoms with van der Waals surface area (Å²) in [6.45, 7) is 2.10. The molecule has 11 unspecified atom stereocenters. The number of carbonyl (C=O) groups is 2. The molecule has 0 aromatic rings. The maximum Gasteiger partial charge on any atom is 0.306 e. The minimum Gasteiger partial charge on any atom is -0.462 e. The molecule has 0 aromatic heterocycles. The standard InChI is InChI=1S/C31H56O15/c1-3-5-6-7-8-9-10-11-12-14-23(34)44-19(16-41-22(33)13-4-2)17-42-30-29(40)27(38)25(36)21(46-30)18-43-31-28(39)26(37)24(35)20(15-32)45-31/h19-21,24-32,35-40H,3-18H2,1-2H3. The molecule has 2 fully saturated rings. The zero-order valence-corrected chi connectivity index (χ0v) is 27.1. The molecule has 15 nitrogen and oxygen atoms in total. The van der Waals surface area contributed by atoms with Crippen molar-refractivity contribution in [1.82, 2.24) is 0 Å². The first-order valence-corrected chi connectivity index (χ1v) is 16.6. The van der Waals surface area contributed by atoms with Crippen molar-refractivity contribution < 1.29 is 73.8 Å². The SMILES string of the molecule is CCCCCCCCCCCC(=O)OC(COC(=O)CCC)COC1OC(COC2OC(CO)C(O)C(O)C2O)C(O)C(O)C1O. The maximum atomic E-state index is 12.6. The summed E-state index contributed by atoms with van der Waals surface area (Å²) in [5, 5.41) is 70.9. The summed E-state index contributed by atoms with van der Waals surface area (Å²) in [5.41, 5.74) is 0. The van der Waals surface area contributed by atoms with Gasteiger partial charge < -0.3 is 64.2 Å². The average molecular weight is 669 g/mol. The number of aliphatic hydroxyl groups excluding tert-OH is 7. The fourth-order valence-corrected chi connectivity index (χ4v) is 5.19. The molecule has 2 saturated heterocycles. The Morgan fingerprint density at radius 3 is 1.74 bits per heavy atom. The predicted octanol–water partition coefficient (Wildman–Crippen LogP) is -0.197. The van der Waals surface area contributed by atoms with Crippen LogP contribution in [0.4, 0.5) is 0 Å². The van der Waals surface area contributed by atoms with E-state index in [0.717, 1.165) is 19.3 Å². The summed E-state index contributed by atoms with van der Waals surface area (Å²) < 4.78 is 32.6. The van der Waals surface area contributed by atoms with Gasteiger partial charge in [-0.25, -0.2) is 0 Å². The van der Waals surface area contributed by atoms with Crippen LogP contribution in [-0.2, 0) is 38.0 Å². The van der Waals surface area contributed by atoms with Gasteiger partial charge >= 0.3 is 11.9 Å². The van der Waals surface area contributed by atoms with Crippen molar-refractivity contribution in [3.63, 3.8) is 0 Å². The quantitative estimate of drug-likeness (QED) is 0.0585. The lowest BCUT2D eigenvalue weighted by Crippen LogP contribution is -2.61. The molecule has 0 spiro atoms. The van der Waals surface area contributed by atoms with Crippen molar-refractivity contribution in [1.29, 1.82) is 0 Å². The highest BCUT2D eigenvalue weighted by Gasteiger charge is 2.47. The van der Waals surface area contributed by atoms with Gasteiger partial charge in [-0.2, -0.15) is 0 Å². The molecular weight excluding hydrogens is 612 g/mol. The first-order chi connectivity index (χ1) is 22.0. The van der Waals surface area contributed by atoms with Gasteiger partial charge in [0.25, 0.3) is 0 Å². The number of rotatable bonds is 22. The summed E-state index contributed by atoms with van der Waals surface area (Å²) in [4.78, 5) is 24.5. The molecule has 15 heteroatoms. The van der Waals surface area contributed by atoms with E-state index in [0.29, 0.717) is 12.8 Å². The fraction of sp³-hybridized carbons (Fsp3) is 0.935. The number of hydrogen-bond acceptors (Lipinski definition) is 15. The molecule has 2 aliphatic rings. The maximum absolute atomic E-state index is 12.6. The van der Waals surface area contributed by atoms with Gasteiger partial charge in [0.05, 0.1) is 19.8 Å². The predicted molar refractivity (Wildman–Crippen MR) is 160 cm³/mol. The second kappa shape index (κ2) is 22.2. The first-order valence-electron chi connectivity index (χ1n) is 16.6. The Morgan fingerprint density at radius 1 is 0.609 bits per heavy atom. The van der Waals surface area contributed by atoms with E-state index in [4.69, 9.17) is 28.4 Å². The van der Waals surface area contributed by atoms with Gasteiger partial charge in [0, 0.05) is 12.8 Å². The molecule has 46 heavy (non-hydrogen) atoms. The third-order valence-corrected chi connectivity index (χ3v) is 8.06. The van der Waals surface area contributed by atoms with Crippen LogP contribution in [0.25, 0.3) is 0 Å². The van der Waals surface area contributed by atoms with Crippen molar-refractivity contribution in [2.45, 2.75) is 158 Å². The summed E-state index contributed by atoms with van der Waals surface area (Å²) in [7, 11) is 0. The highest BCUT2D eigenvalue weighted by atomic mass is 16.7. The van der Waals surface area contributed by atoms with Crippen LogP contribution in [0.3, 0.4) is 0 Å². The lowest BCUT2D eigenvalue weighted by Gasteiger charge is -2.42. The van der Waals surface area contributed by atoms with Crippen molar-refractivity contribution in [2.24, 2.45) is 0 Å². The number of hydrogen-bond donors (Lipinski definition) is 7. The normalized spacial score (nSPS) is 32.2. The second-order valence-corrected chi connectivity index (χ2v) is 12.0. The zero-order valence-electron chi connectivity index (χ0n) is 27.1. The highest BCUT2D eigenvalue weighted by molar-refractivity contribution is 5.70. The summed E-state index contributed by atoms with van der Waals surface area (Å²) >= 11 is 0. The van der Waals surface area contributed by atoms with Gasteiger partial charge in [0.2, 0.25) is 0 Å². The first kappa shape index (κ1) is 40.7. The Hall–Kier alpha value is -1.50. The largest absolute Gasteiger partial charge is 0.462 e. The zero-order chi connectivity index (χ0) is 34.1. The molecule has 0 amide bonds. The molecule has 2 rings (SSSR count). The Balaban J connectivity index is 1.90. The molecule has 0 radical (unpaired) electrons. The van der Waals surface area contributed by atoms with Crippen LogP contribution < -0.4 is 0 Å². The number of esters is 2. The highest BCUT2D eigenvalue weighted by Crippen LogP contribution is 2.26. The number of ether oxygens (including phenoxy) is 6. The van der Waals surface area contributed by atoms with E-state index in [1.165, 1.54) is 32.1 Å². The van der Waals surface area contributed by atoms with Crippen LogP contribution in [0.2, 0.25) is 0 Å². The van der Waals surface area contributed by atoms with E-state index >= 15 is 0 Å². The number of unbranched alkanes of at least 4 members (excludes halogenated alkanes) is 8. The molecule has 0 saturated carbocycles. The molecule has 2 aliphatic heterocycles. The van der Waals surface area contributed by atoms with E-state index in [2.05, 4.69) is 6.92 Å². The molecular formula is C31H56O15. The van der Waals surface area contributed by atoms with Crippen molar-refractivity contribution >= 4 is 11.9 Å².